The van der Waals surface area contributed by atoms with Crippen molar-refractivity contribution in [3.05, 3.63) is 34.9 Å². The first-order valence-electron chi connectivity index (χ1n) is 7.51. The summed E-state index contributed by atoms with van der Waals surface area (Å²) >= 11 is 6.22. The molecule has 2 rings (SSSR count). The summed E-state index contributed by atoms with van der Waals surface area (Å²) in [7, 11) is 0. The van der Waals surface area contributed by atoms with Crippen molar-refractivity contribution < 1.29 is 5.11 Å². The van der Waals surface area contributed by atoms with Gasteiger partial charge in [-0.1, -0.05) is 50.6 Å². The van der Waals surface area contributed by atoms with Crippen molar-refractivity contribution in [3.63, 3.8) is 0 Å². The highest BCUT2D eigenvalue weighted by molar-refractivity contribution is 6.31. The minimum Gasteiger partial charge on any atom is -0.392 e. The molecule has 0 aromatic heterocycles. The molecule has 1 aliphatic rings. The first-order chi connectivity index (χ1) is 9.35. The van der Waals surface area contributed by atoms with Crippen LogP contribution in [0.5, 0.6) is 0 Å². The highest BCUT2D eigenvalue weighted by Gasteiger charge is 2.31. The molecular weight excluding hydrogens is 270 g/mol. The Morgan fingerprint density at radius 3 is 2.55 bits per heavy atom. The standard InChI is InChI=1S/C17H26ClNO/c1-17(2,3)10-14(20)11-19-13-8-12(9-13)15-6-4-5-7-16(15)18/h4-7,12-14,19-20H,8-11H2,1-3H3. The molecule has 0 saturated heterocycles. The molecule has 2 N–H and O–H groups in total. The Kier molecular flexibility index (Phi) is 5.11. The van der Waals surface area contributed by atoms with Gasteiger partial charge in [-0.3, -0.25) is 0 Å². The summed E-state index contributed by atoms with van der Waals surface area (Å²) in [6.45, 7) is 7.17. The lowest BCUT2D eigenvalue weighted by atomic mass is 9.75. The molecule has 1 unspecified atom stereocenters. The maximum atomic E-state index is 10.00. The van der Waals surface area contributed by atoms with Crippen LogP contribution in [-0.2, 0) is 0 Å². The molecule has 0 radical (unpaired) electrons. The van der Waals surface area contributed by atoms with Gasteiger partial charge in [0.05, 0.1) is 6.10 Å². The van der Waals surface area contributed by atoms with Crippen LogP contribution >= 0.6 is 11.6 Å². The highest BCUT2D eigenvalue weighted by atomic mass is 35.5. The van der Waals surface area contributed by atoms with E-state index in [1.807, 2.05) is 12.1 Å². The van der Waals surface area contributed by atoms with Crippen molar-refractivity contribution in [2.75, 3.05) is 6.54 Å². The van der Waals surface area contributed by atoms with Crippen LogP contribution < -0.4 is 5.32 Å². The number of rotatable bonds is 5. The van der Waals surface area contributed by atoms with Crippen molar-refractivity contribution in [1.82, 2.24) is 5.32 Å². The lowest BCUT2D eigenvalue weighted by Gasteiger charge is -2.37. The Morgan fingerprint density at radius 1 is 1.30 bits per heavy atom. The topological polar surface area (TPSA) is 32.3 Å². The molecule has 1 fully saturated rings. The van der Waals surface area contributed by atoms with E-state index in [4.69, 9.17) is 11.6 Å². The normalized spacial score (nSPS) is 24.2. The summed E-state index contributed by atoms with van der Waals surface area (Å²) in [5, 5.41) is 14.3. The maximum Gasteiger partial charge on any atom is 0.0669 e. The van der Waals surface area contributed by atoms with Crippen LogP contribution in [0.3, 0.4) is 0 Å². The number of halogens is 1. The van der Waals surface area contributed by atoms with Crippen LogP contribution in [0.2, 0.25) is 5.02 Å². The smallest absolute Gasteiger partial charge is 0.0669 e. The van der Waals surface area contributed by atoms with Gasteiger partial charge in [-0.15, -0.1) is 0 Å². The minimum atomic E-state index is -0.255. The fourth-order valence-corrected chi connectivity index (χ4v) is 3.22. The highest BCUT2D eigenvalue weighted by Crippen LogP contribution is 2.39. The molecule has 0 aliphatic heterocycles. The van der Waals surface area contributed by atoms with E-state index in [0.29, 0.717) is 18.5 Å². The molecule has 20 heavy (non-hydrogen) atoms. The number of nitrogens with one attached hydrogen (secondary N) is 1. The van der Waals surface area contributed by atoms with Gasteiger partial charge in [0.25, 0.3) is 0 Å². The molecule has 1 aliphatic carbocycles. The second kappa shape index (κ2) is 6.46. The molecule has 1 aromatic carbocycles. The Balaban J connectivity index is 1.71. The summed E-state index contributed by atoms with van der Waals surface area (Å²) in [6.07, 6.45) is 2.81. The zero-order valence-corrected chi connectivity index (χ0v) is 13.5. The number of benzene rings is 1. The maximum absolute atomic E-state index is 10.00. The average Bonchev–Trinajstić information content (AvgIpc) is 2.26. The molecule has 0 spiro atoms. The third-order valence-corrected chi connectivity index (χ3v) is 4.32. The number of hydrogen-bond acceptors (Lipinski definition) is 2. The molecule has 1 saturated carbocycles. The van der Waals surface area contributed by atoms with Crippen LogP contribution in [0.1, 0.15) is 51.5 Å². The predicted molar refractivity (Wildman–Crippen MR) is 85.3 cm³/mol. The Hall–Kier alpha value is -0.570. The van der Waals surface area contributed by atoms with Gasteiger partial charge in [-0.05, 0) is 42.2 Å². The fraction of sp³-hybridized carbons (Fsp3) is 0.647. The van der Waals surface area contributed by atoms with Crippen LogP contribution in [0.4, 0.5) is 0 Å². The fourth-order valence-electron chi connectivity index (χ4n) is 2.93. The largest absolute Gasteiger partial charge is 0.392 e. The molecular formula is C17H26ClNO. The van der Waals surface area contributed by atoms with Crippen molar-refractivity contribution >= 4 is 11.6 Å². The second-order valence-corrected chi connectivity index (χ2v) is 7.62. The number of hydrogen-bond donors (Lipinski definition) is 2. The lowest BCUT2D eigenvalue weighted by molar-refractivity contribution is 0.110. The van der Waals surface area contributed by atoms with E-state index in [9.17, 15) is 5.11 Å². The molecule has 0 amide bonds. The Morgan fingerprint density at radius 2 is 1.95 bits per heavy atom. The third-order valence-electron chi connectivity index (χ3n) is 3.97. The minimum absolute atomic E-state index is 0.181. The van der Waals surface area contributed by atoms with Gasteiger partial charge in [0.15, 0.2) is 0 Å². The summed E-state index contributed by atoms with van der Waals surface area (Å²) in [5.41, 5.74) is 1.45. The quantitative estimate of drug-likeness (QED) is 0.861. The van der Waals surface area contributed by atoms with Gasteiger partial charge in [-0.25, -0.2) is 0 Å². The van der Waals surface area contributed by atoms with E-state index in [-0.39, 0.29) is 11.5 Å². The van der Waals surface area contributed by atoms with E-state index in [1.54, 1.807) is 0 Å². The summed E-state index contributed by atoms with van der Waals surface area (Å²) in [5.74, 6) is 0.570. The third kappa shape index (κ3) is 4.47. The van der Waals surface area contributed by atoms with Gasteiger partial charge in [0, 0.05) is 17.6 Å². The van der Waals surface area contributed by atoms with E-state index < -0.39 is 0 Å². The molecule has 0 bridgehead atoms. The molecule has 2 nitrogen and oxygen atoms in total. The second-order valence-electron chi connectivity index (χ2n) is 7.21. The van der Waals surface area contributed by atoms with Gasteiger partial charge < -0.3 is 10.4 Å². The summed E-state index contributed by atoms with van der Waals surface area (Å²) in [4.78, 5) is 0. The lowest BCUT2D eigenvalue weighted by Crippen LogP contribution is -2.44. The first kappa shape index (κ1) is 15.8. The van der Waals surface area contributed by atoms with Crippen molar-refractivity contribution in [2.45, 2.75) is 58.1 Å². The van der Waals surface area contributed by atoms with E-state index in [2.05, 4.69) is 38.2 Å². The van der Waals surface area contributed by atoms with Gasteiger partial charge in [0.2, 0.25) is 0 Å². The van der Waals surface area contributed by atoms with Crippen LogP contribution in [0.15, 0.2) is 24.3 Å². The zero-order valence-electron chi connectivity index (χ0n) is 12.7. The number of aliphatic hydroxyl groups is 1. The SMILES string of the molecule is CC(C)(C)CC(O)CNC1CC(c2ccccc2Cl)C1. The molecule has 1 aromatic rings. The first-order valence-corrected chi connectivity index (χ1v) is 7.89. The molecule has 112 valence electrons. The molecule has 1 atom stereocenters. The van der Waals surface area contributed by atoms with Crippen molar-refractivity contribution in [2.24, 2.45) is 5.41 Å². The molecule has 3 heteroatoms. The van der Waals surface area contributed by atoms with Crippen molar-refractivity contribution in [3.8, 4) is 0 Å². The summed E-state index contributed by atoms with van der Waals surface area (Å²) < 4.78 is 0. The van der Waals surface area contributed by atoms with E-state index in [1.165, 1.54) is 5.56 Å². The van der Waals surface area contributed by atoms with Crippen LogP contribution in [0.25, 0.3) is 0 Å². The Labute approximate surface area is 127 Å². The predicted octanol–water partition coefficient (Wildman–Crippen LogP) is 3.97. The average molecular weight is 296 g/mol. The van der Waals surface area contributed by atoms with E-state index in [0.717, 1.165) is 24.3 Å². The molecule has 0 heterocycles. The van der Waals surface area contributed by atoms with Crippen LogP contribution in [0, 0.1) is 5.41 Å². The Bertz CT molecular complexity index is 435. The summed E-state index contributed by atoms with van der Waals surface area (Å²) in [6, 6.07) is 8.63. The van der Waals surface area contributed by atoms with E-state index >= 15 is 0 Å². The van der Waals surface area contributed by atoms with Crippen LogP contribution in [-0.4, -0.2) is 23.8 Å². The van der Waals surface area contributed by atoms with Crippen molar-refractivity contribution in [1.29, 1.82) is 0 Å². The monoisotopic (exact) mass is 295 g/mol. The van der Waals surface area contributed by atoms with Gasteiger partial charge >= 0.3 is 0 Å². The van der Waals surface area contributed by atoms with Gasteiger partial charge in [0.1, 0.15) is 0 Å². The van der Waals surface area contributed by atoms with Gasteiger partial charge in [-0.2, -0.15) is 0 Å². The zero-order chi connectivity index (χ0) is 14.8. The number of aliphatic hydroxyl groups excluding tert-OH is 1.